The molecule has 1 N–H and O–H groups in total. The number of nitrogens with one attached hydrogen (secondary N) is 1. The highest BCUT2D eigenvalue weighted by Gasteiger charge is 2.31. The normalized spacial score (nSPS) is 11.0. The average Bonchev–Trinajstić information content (AvgIpc) is 2.39. The van der Waals surface area contributed by atoms with Gasteiger partial charge in [-0.15, -0.1) is 0 Å². The van der Waals surface area contributed by atoms with Crippen molar-refractivity contribution >= 4 is 23.0 Å². The third kappa shape index (κ3) is 3.47. The molecule has 0 amide bonds. The van der Waals surface area contributed by atoms with Gasteiger partial charge in [0.2, 0.25) is 0 Å². The van der Waals surface area contributed by atoms with Gasteiger partial charge in [0.25, 0.3) is 0 Å². The minimum absolute atomic E-state index is 0.0283. The summed E-state index contributed by atoms with van der Waals surface area (Å²) in [6, 6.07) is 10.2. The fourth-order valence-electron chi connectivity index (χ4n) is 1.90. The summed E-state index contributed by atoms with van der Waals surface area (Å²) in [6.45, 7) is 1.76. The number of hydrogen-bond acceptors (Lipinski definition) is 2. The van der Waals surface area contributed by atoms with Gasteiger partial charge in [-0.2, -0.15) is 18.4 Å². The zero-order valence-corrected chi connectivity index (χ0v) is 11.7. The van der Waals surface area contributed by atoms with E-state index in [0.717, 1.165) is 17.7 Å². The van der Waals surface area contributed by atoms with Gasteiger partial charge in [0.15, 0.2) is 0 Å². The number of hydrogen-bond donors (Lipinski definition) is 1. The lowest BCUT2D eigenvalue weighted by Crippen LogP contribution is -2.06. The molecule has 0 bridgehead atoms. The van der Waals surface area contributed by atoms with Crippen molar-refractivity contribution in [2.45, 2.75) is 13.1 Å². The summed E-state index contributed by atoms with van der Waals surface area (Å²) in [5.74, 6) is 0. The van der Waals surface area contributed by atoms with Gasteiger partial charge in [-0.05, 0) is 36.8 Å². The Hall–Kier alpha value is -2.19. The first kappa shape index (κ1) is 15.2. The van der Waals surface area contributed by atoms with Crippen LogP contribution in [0.3, 0.4) is 0 Å². The van der Waals surface area contributed by atoms with Gasteiger partial charge >= 0.3 is 6.18 Å². The molecule has 0 heterocycles. The van der Waals surface area contributed by atoms with Crippen molar-refractivity contribution in [3.63, 3.8) is 0 Å². The van der Waals surface area contributed by atoms with Gasteiger partial charge in [-0.1, -0.05) is 23.7 Å². The first-order valence-corrected chi connectivity index (χ1v) is 6.33. The van der Waals surface area contributed by atoms with Crippen molar-refractivity contribution in [2.75, 3.05) is 5.32 Å². The van der Waals surface area contributed by atoms with E-state index < -0.39 is 11.7 Å². The number of benzene rings is 2. The molecular formula is C15H10ClF3N2. The SMILES string of the molecule is Cc1cccc(C#N)c1Nc1cc(Cl)cc(C(F)(F)F)c1. The van der Waals surface area contributed by atoms with Crippen molar-refractivity contribution in [1.82, 2.24) is 0 Å². The van der Waals surface area contributed by atoms with E-state index in [-0.39, 0.29) is 10.7 Å². The van der Waals surface area contributed by atoms with E-state index in [1.807, 2.05) is 6.07 Å². The molecule has 108 valence electrons. The van der Waals surface area contributed by atoms with Gasteiger partial charge in [0.1, 0.15) is 6.07 Å². The van der Waals surface area contributed by atoms with Crippen molar-refractivity contribution in [3.05, 3.63) is 58.1 Å². The summed E-state index contributed by atoms with van der Waals surface area (Å²) in [5.41, 5.74) is 0.909. The number of anilines is 2. The highest BCUT2D eigenvalue weighted by Crippen LogP contribution is 2.34. The Labute approximate surface area is 124 Å². The van der Waals surface area contributed by atoms with E-state index in [2.05, 4.69) is 5.32 Å². The van der Waals surface area contributed by atoms with Crippen molar-refractivity contribution in [2.24, 2.45) is 0 Å². The summed E-state index contributed by atoms with van der Waals surface area (Å²) >= 11 is 5.73. The molecule has 0 radical (unpaired) electrons. The van der Waals surface area contributed by atoms with E-state index >= 15 is 0 Å². The Morgan fingerprint density at radius 2 is 1.90 bits per heavy atom. The molecule has 0 fully saturated rings. The number of halogens is 4. The van der Waals surface area contributed by atoms with E-state index in [0.29, 0.717) is 11.3 Å². The molecule has 2 rings (SSSR count). The topological polar surface area (TPSA) is 35.8 Å². The van der Waals surface area contributed by atoms with Gasteiger partial charge in [0, 0.05) is 10.7 Å². The Kier molecular flexibility index (Phi) is 4.10. The number of aryl methyl sites for hydroxylation is 1. The molecule has 2 nitrogen and oxygen atoms in total. The van der Waals surface area contributed by atoms with Crippen molar-refractivity contribution < 1.29 is 13.2 Å². The summed E-state index contributed by atoms with van der Waals surface area (Å²) < 4.78 is 38.3. The predicted octanol–water partition coefficient (Wildman–Crippen LogP) is 5.28. The minimum Gasteiger partial charge on any atom is -0.354 e. The summed E-state index contributed by atoms with van der Waals surface area (Å²) in [6.07, 6.45) is -4.48. The van der Waals surface area contributed by atoms with Crippen LogP contribution in [0.15, 0.2) is 36.4 Å². The van der Waals surface area contributed by atoms with E-state index in [9.17, 15) is 13.2 Å². The minimum atomic E-state index is -4.48. The molecule has 0 aliphatic rings. The third-order valence-corrected chi connectivity index (χ3v) is 3.11. The molecule has 0 aliphatic carbocycles. The van der Waals surface area contributed by atoms with Crippen molar-refractivity contribution in [1.29, 1.82) is 5.26 Å². The van der Waals surface area contributed by atoms with Crippen LogP contribution in [0.25, 0.3) is 0 Å². The Morgan fingerprint density at radius 1 is 1.19 bits per heavy atom. The molecule has 0 spiro atoms. The average molecular weight is 311 g/mol. The number of nitrogens with zero attached hydrogens (tertiary/aromatic N) is 1. The maximum absolute atomic E-state index is 12.8. The zero-order valence-electron chi connectivity index (χ0n) is 10.9. The van der Waals surface area contributed by atoms with Crippen molar-refractivity contribution in [3.8, 4) is 6.07 Å². The Bertz CT molecular complexity index is 718. The lowest BCUT2D eigenvalue weighted by molar-refractivity contribution is -0.137. The monoisotopic (exact) mass is 310 g/mol. The highest BCUT2D eigenvalue weighted by molar-refractivity contribution is 6.31. The van der Waals surface area contributed by atoms with Gasteiger partial charge in [-0.3, -0.25) is 0 Å². The van der Waals surface area contributed by atoms with Crippen LogP contribution in [0, 0.1) is 18.3 Å². The number of rotatable bonds is 2. The van der Waals surface area contributed by atoms with E-state index in [1.54, 1.807) is 25.1 Å². The van der Waals surface area contributed by atoms with Crippen LogP contribution in [-0.4, -0.2) is 0 Å². The van der Waals surface area contributed by atoms with Crippen LogP contribution >= 0.6 is 11.6 Å². The smallest absolute Gasteiger partial charge is 0.354 e. The summed E-state index contributed by atoms with van der Waals surface area (Å²) in [7, 11) is 0. The molecule has 21 heavy (non-hydrogen) atoms. The predicted molar refractivity (Wildman–Crippen MR) is 75.6 cm³/mol. The fourth-order valence-corrected chi connectivity index (χ4v) is 2.13. The summed E-state index contributed by atoms with van der Waals surface area (Å²) in [4.78, 5) is 0. The Balaban J connectivity index is 2.46. The molecule has 0 atom stereocenters. The quantitative estimate of drug-likeness (QED) is 0.819. The van der Waals surface area contributed by atoms with Crippen LogP contribution in [0.1, 0.15) is 16.7 Å². The maximum atomic E-state index is 12.8. The number of nitriles is 1. The van der Waals surface area contributed by atoms with Gasteiger partial charge < -0.3 is 5.32 Å². The van der Waals surface area contributed by atoms with Crippen LogP contribution in [-0.2, 0) is 6.18 Å². The van der Waals surface area contributed by atoms with Gasteiger partial charge in [-0.25, -0.2) is 0 Å². The van der Waals surface area contributed by atoms with Gasteiger partial charge in [0.05, 0.1) is 16.8 Å². The van der Waals surface area contributed by atoms with Crippen LogP contribution in [0.5, 0.6) is 0 Å². The third-order valence-electron chi connectivity index (χ3n) is 2.89. The van der Waals surface area contributed by atoms with Crippen LogP contribution < -0.4 is 5.32 Å². The first-order chi connectivity index (χ1) is 9.81. The van der Waals surface area contributed by atoms with E-state index in [4.69, 9.17) is 16.9 Å². The molecule has 2 aromatic rings. The maximum Gasteiger partial charge on any atom is 0.416 e. The second kappa shape index (κ2) is 5.66. The number of para-hydroxylation sites is 1. The molecule has 0 saturated heterocycles. The lowest BCUT2D eigenvalue weighted by atomic mass is 10.1. The fraction of sp³-hybridized carbons (Fsp3) is 0.133. The summed E-state index contributed by atoms with van der Waals surface area (Å²) in [5, 5.41) is 11.9. The molecule has 0 unspecified atom stereocenters. The first-order valence-electron chi connectivity index (χ1n) is 5.96. The molecule has 0 saturated carbocycles. The highest BCUT2D eigenvalue weighted by atomic mass is 35.5. The second-order valence-electron chi connectivity index (χ2n) is 4.46. The molecule has 0 aromatic heterocycles. The van der Waals surface area contributed by atoms with E-state index in [1.165, 1.54) is 6.07 Å². The molecule has 2 aromatic carbocycles. The van der Waals surface area contributed by atoms with Crippen LogP contribution in [0.4, 0.5) is 24.5 Å². The lowest BCUT2D eigenvalue weighted by Gasteiger charge is -2.14. The Morgan fingerprint density at radius 3 is 2.52 bits per heavy atom. The standard InChI is InChI=1S/C15H10ClF3N2/c1-9-3-2-4-10(8-20)14(9)21-13-6-11(15(17,18)19)5-12(16)7-13/h2-7,21H,1H3. The molecular weight excluding hydrogens is 301 g/mol. The zero-order chi connectivity index (χ0) is 15.6. The molecule has 6 heteroatoms. The molecule has 0 aliphatic heterocycles. The second-order valence-corrected chi connectivity index (χ2v) is 4.90. The largest absolute Gasteiger partial charge is 0.416 e. The number of alkyl halides is 3. The van der Waals surface area contributed by atoms with Crippen LogP contribution in [0.2, 0.25) is 5.02 Å².